The smallest absolute Gasteiger partial charge is 0.302 e. The summed E-state index contributed by atoms with van der Waals surface area (Å²) in [6, 6.07) is 0.193. The lowest BCUT2D eigenvalue weighted by Gasteiger charge is -2.24. The number of carbonyl (C=O) groups is 2. The highest BCUT2D eigenvalue weighted by atomic mass is 16.5. The van der Waals surface area contributed by atoms with Gasteiger partial charge in [-0.25, -0.2) is 0 Å². The van der Waals surface area contributed by atoms with E-state index in [1.54, 1.807) is 0 Å². The second-order valence-corrected chi connectivity index (χ2v) is 4.62. The zero-order valence-corrected chi connectivity index (χ0v) is 10.3. The van der Waals surface area contributed by atoms with E-state index in [2.05, 4.69) is 0 Å². The summed E-state index contributed by atoms with van der Waals surface area (Å²) in [6.45, 7) is 4.33. The van der Waals surface area contributed by atoms with Gasteiger partial charge in [-0.2, -0.15) is 0 Å². The van der Waals surface area contributed by atoms with Crippen LogP contribution in [0.5, 0.6) is 0 Å². The molecule has 3 unspecified atom stereocenters. The molecule has 17 heavy (non-hydrogen) atoms. The Kier molecular flexibility index (Phi) is 3.66. The van der Waals surface area contributed by atoms with Gasteiger partial charge in [0.2, 0.25) is 5.91 Å². The van der Waals surface area contributed by atoms with Crippen molar-refractivity contribution in [1.29, 1.82) is 0 Å². The van der Waals surface area contributed by atoms with Gasteiger partial charge >= 0.3 is 5.97 Å². The summed E-state index contributed by atoms with van der Waals surface area (Å²) in [5, 5.41) is 0. The van der Waals surface area contributed by atoms with Gasteiger partial charge in [-0.1, -0.05) is 0 Å². The number of hydrogen-bond acceptors (Lipinski definition) is 4. The Hall–Kier alpha value is -1.10. The molecule has 0 saturated carbocycles. The van der Waals surface area contributed by atoms with Gasteiger partial charge in [0.05, 0.1) is 6.61 Å². The molecule has 2 heterocycles. The van der Waals surface area contributed by atoms with E-state index in [4.69, 9.17) is 9.47 Å². The molecule has 3 atom stereocenters. The first-order chi connectivity index (χ1) is 8.13. The van der Waals surface area contributed by atoms with E-state index in [0.29, 0.717) is 19.6 Å². The number of carbonyl (C=O) groups excluding carboxylic acids is 2. The van der Waals surface area contributed by atoms with E-state index in [0.717, 1.165) is 12.8 Å². The highest BCUT2D eigenvalue weighted by Crippen LogP contribution is 2.38. The Morgan fingerprint density at radius 3 is 2.94 bits per heavy atom. The van der Waals surface area contributed by atoms with Crippen molar-refractivity contribution in [3.63, 3.8) is 0 Å². The molecule has 2 aliphatic heterocycles. The molecule has 0 aromatic heterocycles. The van der Waals surface area contributed by atoms with Crippen molar-refractivity contribution < 1.29 is 19.1 Å². The van der Waals surface area contributed by atoms with Crippen LogP contribution in [0, 0.1) is 5.92 Å². The Labute approximate surface area is 101 Å². The first-order valence-corrected chi connectivity index (χ1v) is 6.19. The zero-order chi connectivity index (χ0) is 12.4. The SMILES string of the molecule is CCOC1CC(COC(C)=O)C2CCC(=O)N12. The van der Waals surface area contributed by atoms with Crippen molar-refractivity contribution in [2.45, 2.75) is 45.4 Å². The number of nitrogens with zero attached hydrogens (tertiary/aromatic N) is 1. The van der Waals surface area contributed by atoms with Crippen LogP contribution >= 0.6 is 0 Å². The van der Waals surface area contributed by atoms with Crippen molar-refractivity contribution in [2.75, 3.05) is 13.2 Å². The molecule has 0 aromatic rings. The molecule has 2 saturated heterocycles. The van der Waals surface area contributed by atoms with Crippen molar-refractivity contribution >= 4 is 11.9 Å². The van der Waals surface area contributed by atoms with Gasteiger partial charge in [0, 0.05) is 38.3 Å². The van der Waals surface area contributed by atoms with Crippen molar-refractivity contribution in [1.82, 2.24) is 4.90 Å². The third-order valence-electron chi connectivity index (χ3n) is 3.52. The van der Waals surface area contributed by atoms with Crippen molar-refractivity contribution in [3.8, 4) is 0 Å². The molecule has 0 aromatic carbocycles. The van der Waals surface area contributed by atoms with Crippen LogP contribution in [-0.2, 0) is 19.1 Å². The van der Waals surface area contributed by atoms with E-state index in [1.165, 1.54) is 6.92 Å². The molecule has 96 valence electrons. The predicted molar refractivity (Wildman–Crippen MR) is 60.0 cm³/mol. The molecule has 0 N–H and O–H groups in total. The second kappa shape index (κ2) is 5.04. The molecule has 1 amide bonds. The first kappa shape index (κ1) is 12.4. The largest absolute Gasteiger partial charge is 0.465 e. The molecule has 0 radical (unpaired) electrons. The highest BCUT2D eigenvalue weighted by molar-refractivity contribution is 5.79. The predicted octanol–water partition coefficient (Wildman–Crippen LogP) is 0.923. The number of rotatable bonds is 4. The van der Waals surface area contributed by atoms with E-state index >= 15 is 0 Å². The summed E-state index contributed by atoms with van der Waals surface area (Å²) in [5.41, 5.74) is 0. The Balaban J connectivity index is 2.00. The lowest BCUT2D eigenvalue weighted by atomic mass is 9.99. The number of fused-ring (bicyclic) bond motifs is 1. The second-order valence-electron chi connectivity index (χ2n) is 4.62. The number of ether oxygens (including phenoxy) is 2. The molecule has 0 spiro atoms. The molecule has 5 heteroatoms. The fourth-order valence-corrected chi connectivity index (χ4v) is 2.84. The molecule has 0 bridgehead atoms. The number of esters is 1. The lowest BCUT2D eigenvalue weighted by Crippen LogP contribution is -2.37. The summed E-state index contributed by atoms with van der Waals surface area (Å²) < 4.78 is 10.7. The third-order valence-corrected chi connectivity index (χ3v) is 3.52. The summed E-state index contributed by atoms with van der Waals surface area (Å²) in [4.78, 5) is 24.4. The average molecular weight is 241 g/mol. The Bertz CT molecular complexity index is 318. The molecular formula is C12H19NO4. The van der Waals surface area contributed by atoms with Gasteiger partial charge in [-0.05, 0) is 13.3 Å². The molecule has 2 rings (SSSR count). The van der Waals surface area contributed by atoms with E-state index in [1.807, 2.05) is 11.8 Å². The maximum absolute atomic E-state index is 11.8. The van der Waals surface area contributed by atoms with Gasteiger partial charge in [-0.15, -0.1) is 0 Å². The van der Waals surface area contributed by atoms with Crippen molar-refractivity contribution in [2.24, 2.45) is 5.92 Å². The number of hydrogen-bond donors (Lipinski definition) is 0. The van der Waals surface area contributed by atoms with E-state index < -0.39 is 0 Å². The molecule has 5 nitrogen and oxygen atoms in total. The minimum Gasteiger partial charge on any atom is -0.465 e. The Morgan fingerprint density at radius 2 is 2.29 bits per heavy atom. The van der Waals surface area contributed by atoms with Crippen LogP contribution in [0.3, 0.4) is 0 Å². The first-order valence-electron chi connectivity index (χ1n) is 6.19. The van der Waals surface area contributed by atoms with Gasteiger partial charge < -0.3 is 14.4 Å². The third kappa shape index (κ3) is 2.44. The summed E-state index contributed by atoms with van der Waals surface area (Å²) in [6.07, 6.45) is 2.09. The maximum atomic E-state index is 11.8. The average Bonchev–Trinajstić information content (AvgIpc) is 2.79. The fourth-order valence-electron chi connectivity index (χ4n) is 2.84. The molecule has 0 aliphatic carbocycles. The van der Waals surface area contributed by atoms with E-state index in [9.17, 15) is 9.59 Å². The van der Waals surface area contributed by atoms with Crippen LogP contribution < -0.4 is 0 Å². The minimum absolute atomic E-state index is 0.124. The normalized spacial score (nSPS) is 31.8. The topological polar surface area (TPSA) is 55.8 Å². The van der Waals surface area contributed by atoms with Crippen LogP contribution in [0.25, 0.3) is 0 Å². The van der Waals surface area contributed by atoms with Gasteiger partial charge in [0.15, 0.2) is 0 Å². The Morgan fingerprint density at radius 1 is 1.53 bits per heavy atom. The lowest BCUT2D eigenvalue weighted by molar-refractivity contribution is -0.142. The summed E-state index contributed by atoms with van der Waals surface area (Å²) in [5.74, 6) is 0.126. The van der Waals surface area contributed by atoms with Crippen LogP contribution in [0.2, 0.25) is 0 Å². The van der Waals surface area contributed by atoms with E-state index in [-0.39, 0.29) is 30.1 Å². The quantitative estimate of drug-likeness (QED) is 0.687. The van der Waals surface area contributed by atoms with Gasteiger partial charge in [0.1, 0.15) is 6.23 Å². The van der Waals surface area contributed by atoms with Crippen LogP contribution in [0.1, 0.15) is 33.1 Å². The van der Waals surface area contributed by atoms with Crippen LogP contribution in [-0.4, -0.2) is 42.3 Å². The van der Waals surface area contributed by atoms with Crippen LogP contribution in [0.15, 0.2) is 0 Å². The van der Waals surface area contributed by atoms with Crippen LogP contribution in [0.4, 0.5) is 0 Å². The fraction of sp³-hybridized carbons (Fsp3) is 0.833. The minimum atomic E-state index is -0.263. The molecule has 2 fully saturated rings. The number of amides is 1. The highest BCUT2D eigenvalue weighted by Gasteiger charge is 2.48. The monoisotopic (exact) mass is 241 g/mol. The standard InChI is InChI=1S/C12H19NO4/c1-3-16-12-6-9(7-17-8(2)14)10-4-5-11(15)13(10)12/h9-10,12H,3-7H2,1-2H3. The van der Waals surface area contributed by atoms with Crippen molar-refractivity contribution in [3.05, 3.63) is 0 Å². The van der Waals surface area contributed by atoms with Gasteiger partial charge in [0.25, 0.3) is 0 Å². The zero-order valence-electron chi connectivity index (χ0n) is 10.3. The molecular weight excluding hydrogens is 222 g/mol. The summed E-state index contributed by atoms with van der Waals surface area (Å²) in [7, 11) is 0. The molecule has 2 aliphatic rings. The van der Waals surface area contributed by atoms with Gasteiger partial charge in [-0.3, -0.25) is 9.59 Å². The summed E-state index contributed by atoms with van der Waals surface area (Å²) >= 11 is 0. The maximum Gasteiger partial charge on any atom is 0.302 e.